The topological polar surface area (TPSA) is 35.5 Å². The Labute approximate surface area is 101 Å². The molecule has 1 fully saturated rings. The minimum atomic E-state index is -0.582. The highest BCUT2D eigenvalue weighted by Crippen LogP contribution is 2.41. The molecule has 0 amide bonds. The monoisotopic (exact) mass is 232 g/mol. The lowest BCUT2D eigenvalue weighted by Crippen LogP contribution is -2.47. The van der Waals surface area contributed by atoms with E-state index in [-0.39, 0.29) is 5.78 Å². The molecule has 0 saturated heterocycles. The summed E-state index contributed by atoms with van der Waals surface area (Å²) < 4.78 is 11.0. The average molecular weight is 232 g/mol. The van der Waals surface area contributed by atoms with Gasteiger partial charge in [0.2, 0.25) is 0 Å². The molecule has 0 aromatic heterocycles. The van der Waals surface area contributed by atoms with Crippen LogP contribution in [0.25, 0.3) is 0 Å². The Hall–Kier alpha value is -1.35. The zero-order valence-electron chi connectivity index (χ0n) is 9.99. The van der Waals surface area contributed by atoms with Gasteiger partial charge in [-0.25, -0.2) is 0 Å². The molecule has 2 aliphatic rings. The molecule has 3 rings (SSSR count). The second-order valence-electron chi connectivity index (χ2n) is 4.77. The number of rotatable bonds is 3. The van der Waals surface area contributed by atoms with Gasteiger partial charge in [-0.05, 0) is 30.9 Å². The first kappa shape index (κ1) is 10.8. The fourth-order valence-electron chi connectivity index (χ4n) is 2.66. The second kappa shape index (κ2) is 3.84. The summed E-state index contributed by atoms with van der Waals surface area (Å²) in [6.45, 7) is 0.680. The maximum absolute atomic E-state index is 12.5. The van der Waals surface area contributed by atoms with Crippen molar-refractivity contribution in [1.82, 2.24) is 0 Å². The zero-order chi connectivity index (χ0) is 11.9. The van der Waals surface area contributed by atoms with Gasteiger partial charge in [0.1, 0.15) is 11.4 Å². The number of ketones is 1. The van der Waals surface area contributed by atoms with Gasteiger partial charge >= 0.3 is 0 Å². The Bertz CT molecular complexity index is 455. The fourth-order valence-corrected chi connectivity index (χ4v) is 2.66. The molecule has 1 aliphatic carbocycles. The lowest BCUT2D eigenvalue weighted by atomic mass is 9.74. The van der Waals surface area contributed by atoms with E-state index in [2.05, 4.69) is 0 Å². The Morgan fingerprint density at radius 3 is 2.88 bits per heavy atom. The summed E-state index contributed by atoms with van der Waals surface area (Å²) in [6.07, 6.45) is 3.61. The number of hydrogen-bond acceptors (Lipinski definition) is 3. The normalized spacial score (nSPS) is 20.3. The third kappa shape index (κ3) is 1.49. The summed E-state index contributed by atoms with van der Waals surface area (Å²) in [5.74, 6) is 0.867. The number of methoxy groups -OCH3 is 1. The van der Waals surface area contributed by atoms with Crippen LogP contribution in [0.4, 0.5) is 0 Å². The Kier molecular flexibility index (Phi) is 2.44. The van der Waals surface area contributed by atoms with E-state index in [1.807, 2.05) is 18.2 Å². The molecule has 0 spiro atoms. The second-order valence-corrected chi connectivity index (χ2v) is 4.77. The predicted octanol–water partition coefficient (Wildman–Crippen LogP) is 2.37. The molecule has 1 aromatic rings. The van der Waals surface area contributed by atoms with Crippen LogP contribution in [0.15, 0.2) is 18.2 Å². The highest BCUT2D eigenvalue weighted by molar-refractivity contribution is 6.05. The molecule has 3 nitrogen and oxygen atoms in total. The number of hydrogen-bond donors (Lipinski definition) is 0. The molecule has 90 valence electrons. The van der Waals surface area contributed by atoms with Gasteiger partial charge in [0, 0.05) is 13.5 Å². The van der Waals surface area contributed by atoms with Crippen molar-refractivity contribution in [1.29, 1.82) is 0 Å². The zero-order valence-corrected chi connectivity index (χ0v) is 9.99. The van der Waals surface area contributed by atoms with Crippen LogP contribution >= 0.6 is 0 Å². The molecule has 0 atom stereocenters. The van der Waals surface area contributed by atoms with E-state index < -0.39 is 5.60 Å². The Balaban J connectivity index is 1.99. The number of Topliss-reactive ketones (excluding diaryl/α,β-unsaturated/α-hetero) is 1. The fraction of sp³-hybridized carbons (Fsp3) is 0.500. The van der Waals surface area contributed by atoms with Crippen molar-refractivity contribution in [2.75, 3.05) is 13.7 Å². The summed E-state index contributed by atoms with van der Waals surface area (Å²) in [5, 5.41) is 0. The van der Waals surface area contributed by atoms with Gasteiger partial charge in [0.15, 0.2) is 5.78 Å². The highest BCUT2D eigenvalue weighted by Gasteiger charge is 2.45. The molecule has 0 radical (unpaired) electrons. The SMILES string of the molecule is COC1(C(=O)c2cccc3c2OCC3)CCC1. The van der Waals surface area contributed by atoms with Crippen molar-refractivity contribution in [2.45, 2.75) is 31.3 Å². The summed E-state index contributed by atoms with van der Waals surface area (Å²) in [7, 11) is 1.63. The summed E-state index contributed by atoms with van der Waals surface area (Å²) in [5.41, 5.74) is 1.25. The molecular formula is C14H16O3. The molecule has 1 saturated carbocycles. The minimum absolute atomic E-state index is 0.0880. The Morgan fingerprint density at radius 2 is 2.24 bits per heavy atom. The molecular weight excluding hydrogens is 216 g/mol. The minimum Gasteiger partial charge on any atom is -0.492 e. The number of ether oxygens (including phenoxy) is 2. The summed E-state index contributed by atoms with van der Waals surface area (Å²) >= 11 is 0. The van der Waals surface area contributed by atoms with Crippen LogP contribution in [0.5, 0.6) is 5.75 Å². The van der Waals surface area contributed by atoms with Crippen molar-refractivity contribution in [3.63, 3.8) is 0 Å². The van der Waals surface area contributed by atoms with E-state index in [0.29, 0.717) is 12.2 Å². The van der Waals surface area contributed by atoms with Crippen LogP contribution in [0.1, 0.15) is 35.2 Å². The van der Waals surface area contributed by atoms with Gasteiger partial charge in [-0.3, -0.25) is 4.79 Å². The number of benzene rings is 1. The number of fused-ring (bicyclic) bond motifs is 1. The maximum Gasteiger partial charge on any atom is 0.198 e. The average Bonchev–Trinajstić information content (AvgIpc) is 2.75. The molecule has 17 heavy (non-hydrogen) atoms. The van der Waals surface area contributed by atoms with E-state index >= 15 is 0 Å². The van der Waals surface area contributed by atoms with Crippen LogP contribution in [0.2, 0.25) is 0 Å². The maximum atomic E-state index is 12.5. The van der Waals surface area contributed by atoms with Crippen LogP contribution < -0.4 is 4.74 Å². The molecule has 0 unspecified atom stereocenters. The van der Waals surface area contributed by atoms with Gasteiger partial charge < -0.3 is 9.47 Å². The molecule has 1 aromatic carbocycles. The largest absolute Gasteiger partial charge is 0.492 e. The predicted molar refractivity (Wildman–Crippen MR) is 63.6 cm³/mol. The third-order valence-corrected chi connectivity index (χ3v) is 3.92. The van der Waals surface area contributed by atoms with Crippen molar-refractivity contribution >= 4 is 5.78 Å². The number of para-hydroxylation sites is 1. The highest BCUT2D eigenvalue weighted by atomic mass is 16.5. The summed E-state index contributed by atoms with van der Waals surface area (Å²) in [4.78, 5) is 12.5. The van der Waals surface area contributed by atoms with Crippen molar-refractivity contribution in [2.24, 2.45) is 0 Å². The van der Waals surface area contributed by atoms with Gasteiger partial charge in [0.25, 0.3) is 0 Å². The number of carbonyl (C=O) groups is 1. The first-order valence-electron chi connectivity index (χ1n) is 6.11. The van der Waals surface area contributed by atoms with Crippen molar-refractivity contribution in [3.05, 3.63) is 29.3 Å². The smallest absolute Gasteiger partial charge is 0.198 e. The molecule has 0 bridgehead atoms. The van der Waals surface area contributed by atoms with Crippen LogP contribution in [-0.4, -0.2) is 25.1 Å². The lowest BCUT2D eigenvalue weighted by molar-refractivity contribution is -0.0449. The van der Waals surface area contributed by atoms with Gasteiger partial charge in [-0.15, -0.1) is 0 Å². The van der Waals surface area contributed by atoms with E-state index in [1.165, 1.54) is 0 Å². The lowest BCUT2D eigenvalue weighted by Gasteiger charge is -2.39. The van der Waals surface area contributed by atoms with E-state index in [4.69, 9.17) is 9.47 Å². The van der Waals surface area contributed by atoms with E-state index in [9.17, 15) is 4.79 Å². The van der Waals surface area contributed by atoms with Gasteiger partial charge in [-0.1, -0.05) is 12.1 Å². The first-order chi connectivity index (χ1) is 8.27. The molecule has 0 N–H and O–H groups in total. The van der Waals surface area contributed by atoms with E-state index in [1.54, 1.807) is 7.11 Å². The quantitative estimate of drug-likeness (QED) is 0.750. The number of carbonyl (C=O) groups excluding carboxylic acids is 1. The molecule has 3 heteroatoms. The Morgan fingerprint density at radius 1 is 1.41 bits per heavy atom. The standard InChI is InChI=1S/C14H16O3/c1-16-14(7-3-8-14)13(15)11-5-2-4-10-6-9-17-12(10)11/h2,4-5H,3,6-9H2,1H3. The van der Waals surface area contributed by atoms with E-state index in [0.717, 1.165) is 37.0 Å². The van der Waals surface area contributed by atoms with Crippen molar-refractivity contribution < 1.29 is 14.3 Å². The van der Waals surface area contributed by atoms with Crippen molar-refractivity contribution in [3.8, 4) is 5.75 Å². The molecule has 1 aliphatic heterocycles. The third-order valence-electron chi connectivity index (χ3n) is 3.92. The van der Waals surface area contributed by atoms with Gasteiger partial charge in [-0.2, -0.15) is 0 Å². The summed E-state index contributed by atoms with van der Waals surface area (Å²) in [6, 6.07) is 5.81. The first-order valence-corrected chi connectivity index (χ1v) is 6.11. The van der Waals surface area contributed by atoms with Crippen LogP contribution in [0, 0.1) is 0 Å². The van der Waals surface area contributed by atoms with Crippen LogP contribution in [-0.2, 0) is 11.2 Å². The molecule has 1 heterocycles. The van der Waals surface area contributed by atoms with Crippen LogP contribution in [0.3, 0.4) is 0 Å². The van der Waals surface area contributed by atoms with Gasteiger partial charge in [0.05, 0.1) is 12.2 Å².